The molecule has 3 aromatic carbocycles. The molecule has 0 saturated carbocycles. The number of non-ortho nitro benzene ring substituents is 1. The highest BCUT2D eigenvalue weighted by atomic mass is 79.9. The van der Waals surface area contributed by atoms with E-state index < -0.39 is 38.9 Å². The third kappa shape index (κ3) is 5.44. The van der Waals surface area contributed by atoms with Crippen LogP contribution in [0.25, 0.3) is 6.08 Å². The van der Waals surface area contributed by atoms with Crippen molar-refractivity contribution in [2.24, 2.45) is 0 Å². The zero-order chi connectivity index (χ0) is 28.4. The third-order valence-corrected chi connectivity index (χ3v) is 6.19. The van der Waals surface area contributed by atoms with E-state index in [1.54, 1.807) is 0 Å². The van der Waals surface area contributed by atoms with Gasteiger partial charge in [0.1, 0.15) is 11.4 Å². The quantitative estimate of drug-likeness (QED) is 0.126. The van der Waals surface area contributed by atoms with Crippen LogP contribution in [0.5, 0.6) is 17.2 Å². The van der Waals surface area contributed by atoms with E-state index in [-0.39, 0.29) is 43.7 Å². The zero-order valence-corrected chi connectivity index (χ0v) is 21.9. The van der Waals surface area contributed by atoms with Gasteiger partial charge in [-0.3, -0.25) is 35.1 Å². The molecular formula is C24H14BrFN4O8S. The summed E-state index contributed by atoms with van der Waals surface area (Å²) in [7, 11) is 1.28. The van der Waals surface area contributed by atoms with E-state index in [9.17, 15) is 34.2 Å². The van der Waals surface area contributed by atoms with Crippen LogP contribution in [0.15, 0.2) is 64.6 Å². The third-order valence-electron chi connectivity index (χ3n) is 5.32. The van der Waals surface area contributed by atoms with E-state index in [1.165, 1.54) is 43.5 Å². The number of thiocarbonyl (C=S) groups is 1. The van der Waals surface area contributed by atoms with E-state index in [4.69, 9.17) is 21.7 Å². The molecule has 0 radical (unpaired) electrons. The van der Waals surface area contributed by atoms with E-state index in [0.717, 1.165) is 29.2 Å². The highest BCUT2D eigenvalue weighted by molar-refractivity contribution is 9.10. The van der Waals surface area contributed by atoms with E-state index in [0.29, 0.717) is 0 Å². The summed E-state index contributed by atoms with van der Waals surface area (Å²) in [6.45, 7) is 0. The van der Waals surface area contributed by atoms with Gasteiger partial charge < -0.3 is 9.47 Å². The molecule has 39 heavy (non-hydrogen) atoms. The van der Waals surface area contributed by atoms with Crippen molar-refractivity contribution in [2.45, 2.75) is 0 Å². The van der Waals surface area contributed by atoms with Crippen molar-refractivity contribution >= 4 is 68.2 Å². The number of benzene rings is 3. The minimum atomic E-state index is -0.870. The van der Waals surface area contributed by atoms with Crippen LogP contribution in [-0.2, 0) is 9.59 Å². The molecule has 1 fully saturated rings. The molecular weight excluding hydrogens is 603 g/mol. The average molecular weight is 617 g/mol. The zero-order valence-electron chi connectivity index (χ0n) is 19.5. The summed E-state index contributed by atoms with van der Waals surface area (Å²) in [4.78, 5) is 47.5. The number of hydrogen-bond donors (Lipinski definition) is 1. The number of hydrogen-bond acceptors (Lipinski definition) is 9. The molecule has 0 aromatic heterocycles. The molecule has 0 atom stereocenters. The van der Waals surface area contributed by atoms with Gasteiger partial charge in [0.25, 0.3) is 17.5 Å². The number of nitro groups is 2. The molecule has 0 bridgehead atoms. The number of nitrogens with zero attached hydrogens (tertiary/aromatic N) is 3. The van der Waals surface area contributed by atoms with E-state index >= 15 is 0 Å². The molecule has 1 aliphatic rings. The van der Waals surface area contributed by atoms with Crippen LogP contribution in [0, 0.1) is 26.0 Å². The minimum Gasteiger partial charge on any atom is -0.493 e. The second-order valence-electron chi connectivity index (χ2n) is 7.71. The van der Waals surface area contributed by atoms with Gasteiger partial charge in [-0.2, -0.15) is 0 Å². The Morgan fingerprint density at radius 1 is 1.05 bits per heavy atom. The molecule has 12 nitrogen and oxygen atoms in total. The van der Waals surface area contributed by atoms with Gasteiger partial charge in [-0.1, -0.05) is 12.1 Å². The van der Waals surface area contributed by atoms with Gasteiger partial charge in [-0.25, -0.2) is 9.29 Å². The first-order valence-corrected chi connectivity index (χ1v) is 11.9. The molecule has 1 saturated heterocycles. The Labute approximate surface area is 232 Å². The van der Waals surface area contributed by atoms with Crippen LogP contribution in [0.2, 0.25) is 0 Å². The number of ether oxygens (including phenoxy) is 2. The fraction of sp³-hybridized carbons (Fsp3) is 0.0417. The van der Waals surface area contributed by atoms with Gasteiger partial charge in [0.15, 0.2) is 16.6 Å². The molecule has 15 heteroatoms. The Bertz CT molecular complexity index is 1610. The monoisotopic (exact) mass is 616 g/mol. The Hall–Kier alpha value is -4.76. The average Bonchev–Trinajstić information content (AvgIpc) is 2.88. The minimum absolute atomic E-state index is 0.0230. The normalized spacial score (nSPS) is 14.3. The predicted octanol–water partition coefficient (Wildman–Crippen LogP) is 5.04. The Morgan fingerprint density at radius 2 is 1.77 bits per heavy atom. The standard InChI is InChI=1S/C24H14BrFN4O8S/c1-37-20-10-12(8-14-22(31)27-24(39)28(23(14)32)17-5-3-2-4-16(17)26)9-15(25)21(20)38-19-7-6-13(29(33)34)11-18(19)30(35)36/h2-11H,1H3,(H,27,31,39)/b14-8+. The topological polar surface area (TPSA) is 154 Å². The highest BCUT2D eigenvalue weighted by Gasteiger charge is 2.35. The maximum absolute atomic E-state index is 14.4. The van der Waals surface area contributed by atoms with Gasteiger partial charge in [0, 0.05) is 6.07 Å². The second-order valence-corrected chi connectivity index (χ2v) is 8.95. The van der Waals surface area contributed by atoms with Crippen molar-refractivity contribution in [2.75, 3.05) is 12.0 Å². The number of para-hydroxylation sites is 1. The number of methoxy groups -OCH3 is 1. The lowest BCUT2D eigenvalue weighted by molar-refractivity contribution is -0.394. The molecule has 0 aliphatic carbocycles. The maximum Gasteiger partial charge on any atom is 0.318 e. The fourth-order valence-corrected chi connectivity index (χ4v) is 4.37. The highest BCUT2D eigenvalue weighted by Crippen LogP contribution is 2.43. The number of carbonyl (C=O) groups is 2. The van der Waals surface area contributed by atoms with Crippen LogP contribution >= 0.6 is 28.1 Å². The predicted molar refractivity (Wildman–Crippen MR) is 143 cm³/mol. The molecule has 3 aromatic rings. The van der Waals surface area contributed by atoms with Gasteiger partial charge in [0.05, 0.1) is 33.2 Å². The first-order chi connectivity index (χ1) is 18.5. The number of nitro benzene ring substituents is 2. The van der Waals surface area contributed by atoms with Crippen molar-refractivity contribution in [1.82, 2.24) is 5.32 Å². The van der Waals surface area contributed by atoms with Gasteiger partial charge in [-0.05, 0) is 70.1 Å². The van der Waals surface area contributed by atoms with Gasteiger partial charge in [0.2, 0.25) is 5.75 Å². The second kappa shape index (κ2) is 10.9. The number of amides is 2. The molecule has 4 rings (SSSR count). The SMILES string of the molecule is COc1cc(/C=C2\C(=O)NC(=S)N(c3ccccc3F)C2=O)cc(Br)c1Oc1ccc([N+](=O)[O-])cc1[N+](=O)[O-]. The summed E-state index contributed by atoms with van der Waals surface area (Å²) < 4.78 is 25.6. The van der Waals surface area contributed by atoms with Crippen molar-refractivity contribution in [3.8, 4) is 17.2 Å². The lowest BCUT2D eigenvalue weighted by Crippen LogP contribution is -2.54. The molecule has 1 aliphatic heterocycles. The number of rotatable bonds is 7. The molecule has 2 amide bonds. The van der Waals surface area contributed by atoms with Gasteiger partial charge >= 0.3 is 5.69 Å². The van der Waals surface area contributed by atoms with Crippen LogP contribution in [-0.4, -0.2) is 33.9 Å². The number of nitrogens with one attached hydrogen (secondary N) is 1. The maximum atomic E-state index is 14.4. The van der Waals surface area contributed by atoms with Crippen LogP contribution in [0.3, 0.4) is 0 Å². The number of halogens is 2. The molecule has 1 heterocycles. The number of anilines is 1. The summed E-state index contributed by atoms with van der Waals surface area (Å²) in [6.07, 6.45) is 1.22. The van der Waals surface area contributed by atoms with Crippen molar-refractivity contribution in [1.29, 1.82) is 0 Å². The first kappa shape index (κ1) is 27.3. The number of carbonyl (C=O) groups excluding carboxylic acids is 2. The molecule has 0 spiro atoms. The van der Waals surface area contributed by atoms with Crippen molar-refractivity contribution in [3.63, 3.8) is 0 Å². The summed E-state index contributed by atoms with van der Waals surface area (Å²) >= 11 is 8.36. The summed E-state index contributed by atoms with van der Waals surface area (Å²) in [5.74, 6) is -2.69. The smallest absolute Gasteiger partial charge is 0.318 e. The Morgan fingerprint density at radius 3 is 2.41 bits per heavy atom. The lowest BCUT2D eigenvalue weighted by Gasteiger charge is -2.29. The van der Waals surface area contributed by atoms with E-state index in [2.05, 4.69) is 21.2 Å². The van der Waals surface area contributed by atoms with Crippen LogP contribution < -0.4 is 19.7 Å². The summed E-state index contributed by atoms with van der Waals surface area (Å²) in [6, 6.07) is 11.1. The van der Waals surface area contributed by atoms with Crippen molar-refractivity contribution < 1.29 is 33.3 Å². The summed E-state index contributed by atoms with van der Waals surface area (Å²) in [5.41, 5.74) is -1.39. The van der Waals surface area contributed by atoms with Crippen molar-refractivity contribution in [3.05, 3.63) is 96.3 Å². The fourth-order valence-electron chi connectivity index (χ4n) is 3.56. The Kier molecular flexibility index (Phi) is 7.64. The van der Waals surface area contributed by atoms with Gasteiger partial charge in [-0.15, -0.1) is 0 Å². The van der Waals surface area contributed by atoms with Crippen LogP contribution in [0.1, 0.15) is 5.56 Å². The lowest BCUT2D eigenvalue weighted by atomic mass is 10.1. The van der Waals surface area contributed by atoms with E-state index in [1.807, 2.05) is 0 Å². The molecule has 0 unspecified atom stereocenters. The molecule has 1 N–H and O–H groups in total. The Balaban J connectivity index is 1.73. The van der Waals surface area contributed by atoms with Crippen LogP contribution in [0.4, 0.5) is 21.5 Å². The largest absolute Gasteiger partial charge is 0.493 e. The first-order valence-electron chi connectivity index (χ1n) is 10.7. The molecule has 198 valence electrons. The summed E-state index contributed by atoms with van der Waals surface area (Å²) in [5, 5.41) is 24.6.